The Bertz CT molecular complexity index is 2210. The zero-order valence-corrected chi connectivity index (χ0v) is 25.3. The van der Waals surface area contributed by atoms with E-state index < -0.39 is 5.41 Å². The summed E-state index contributed by atoms with van der Waals surface area (Å²) in [5, 5.41) is 2.58. The summed E-state index contributed by atoms with van der Waals surface area (Å²) in [6, 6.07) is 54.1. The maximum atomic E-state index is 2.48. The van der Waals surface area contributed by atoms with Crippen molar-refractivity contribution in [3.8, 4) is 11.1 Å². The van der Waals surface area contributed by atoms with Gasteiger partial charge in [0.25, 0.3) is 0 Å². The summed E-state index contributed by atoms with van der Waals surface area (Å²) in [5.41, 5.74) is 12.4. The minimum Gasteiger partial charge on any atom is -0.361 e. The Kier molecular flexibility index (Phi) is 5.76. The van der Waals surface area contributed by atoms with Crippen molar-refractivity contribution >= 4 is 27.5 Å². The summed E-state index contributed by atoms with van der Waals surface area (Å²) in [7, 11) is 2.12. The predicted octanol–water partition coefficient (Wildman–Crippen LogP) is 9.39. The van der Waals surface area contributed by atoms with Crippen LogP contribution in [0.1, 0.15) is 27.8 Å². The van der Waals surface area contributed by atoms with Crippen LogP contribution in [0, 0.1) is 0 Å². The van der Waals surface area contributed by atoms with E-state index in [0.29, 0.717) is 0 Å². The highest BCUT2D eigenvalue weighted by Gasteiger charge is 2.46. The number of anilines is 1. The normalized spacial score (nSPS) is 14.8. The van der Waals surface area contributed by atoms with Crippen LogP contribution in [0.25, 0.3) is 32.9 Å². The lowest BCUT2D eigenvalue weighted by Crippen LogP contribution is -2.29. The average Bonchev–Trinajstić information content (AvgIpc) is 3.76. The Hall–Kier alpha value is -5.54. The second-order valence-corrected chi connectivity index (χ2v) is 12.4. The third kappa shape index (κ3) is 3.84. The molecular weight excluding hydrogens is 546 g/mol. The number of fused-ring (bicyclic) bond motifs is 6. The van der Waals surface area contributed by atoms with Crippen LogP contribution in [0.15, 0.2) is 158 Å². The Balaban J connectivity index is 1.33. The number of benzene rings is 6. The number of para-hydroxylation sites is 1. The average molecular weight is 580 g/mol. The molecule has 216 valence electrons. The van der Waals surface area contributed by atoms with Gasteiger partial charge < -0.3 is 14.4 Å². The van der Waals surface area contributed by atoms with Crippen LogP contribution < -0.4 is 4.90 Å². The molecule has 0 unspecified atom stereocenters. The summed E-state index contributed by atoms with van der Waals surface area (Å²) in [5.74, 6) is 0. The van der Waals surface area contributed by atoms with Gasteiger partial charge in [-0.3, -0.25) is 0 Å². The largest absolute Gasteiger partial charge is 0.361 e. The van der Waals surface area contributed by atoms with Crippen LogP contribution in [0.5, 0.6) is 0 Å². The van der Waals surface area contributed by atoms with Gasteiger partial charge in [0.1, 0.15) is 0 Å². The van der Waals surface area contributed by atoms with Gasteiger partial charge in [-0.15, -0.1) is 0 Å². The molecule has 0 amide bonds. The molecule has 6 aromatic carbocycles. The van der Waals surface area contributed by atoms with Crippen LogP contribution in [0.2, 0.25) is 0 Å². The highest BCUT2D eigenvalue weighted by atomic mass is 15.3. The molecule has 0 saturated carbocycles. The van der Waals surface area contributed by atoms with Gasteiger partial charge in [0.15, 0.2) is 0 Å². The first-order valence-electron chi connectivity index (χ1n) is 15.7. The molecule has 0 atom stereocenters. The SMILES string of the molecule is CN1C=CN(c2cccc(C3(c4ccc5c(c4)c4ccccc4n5Cc4ccccc4)c4ccccc4-c4ccccc43)c2)C1. The molecule has 9 rings (SSSR count). The summed E-state index contributed by atoms with van der Waals surface area (Å²) in [6.07, 6.45) is 4.32. The fraction of sp³-hybridized carbons (Fsp3) is 0.0952. The lowest BCUT2D eigenvalue weighted by Gasteiger charge is -2.34. The van der Waals surface area contributed by atoms with Gasteiger partial charge >= 0.3 is 0 Å². The Morgan fingerprint density at radius 1 is 0.556 bits per heavy atom. The zero-order chi connectivity index (χ0) is 30.0. The van der Waals surface area contributed by atoms with Gasteiger partial charge in [-0.25, -0.2) is 0 Å². The molecule has 0 spiro atoms. The molecular formula is C42H33N3. The van der Waals surface area contributed by atoms with Gasteiger partial charge in [0, 0.05) is 53.5 Å². The first-order chi connectivity index (χ1) is 22.2. The third-order valence-electron chi connectivity index (χ3n) is 9.83. The van der Waals surface area contributed by atoms with Crippen LogP contribution in [0.4, 0.5) is 5.69 Å². The highest BCUT2D eigenvalue weighted by Crippen LogP contribution is 2.56. The monoisotopic (exact) mass is 579 g/mol. The lowest BCUT2D eigenvalue weighted by atomic mass is 9.67. The molecule has 0 fully saturated rings. The number of nitrogens with zero attached hydrogens (tertiary/aromatic N) is 3. The standard InChI is InChI=1S/C42H33N3/c1-43-24-25-44(29-43)33-15-11-14-31(26-33)42(38-19-8-5-16-34(38)35-17-6-9-20-39(35)42)32-22-23-41-37(27-32)36-18-7-10-21-40(36)45(41)28-30-12-3-2-4-13-30/h2-27H,28-29H2,1H3. The smallest absolute Gasteiger partial charge is 0.0938 e. The minimum absolute atomic E-state index is 0.463. The minimum atomic E-state index is -0.463. The van der Waals surface area contributed by atoms with E-state index in [1.165, 1.54) is 66.4 Å². The summed E-state index contributed by atoms with van der Waals surface area (Å²) < 4.78 is 2.48. The fourth-order valence-corrected chi connectivity index (χ4v) is 7.86. The first-order valence-corrected chi connectivity index (χ1v) is 15.7. The van der Waals surface area contributed by atoms with E-state index in [-0.39, 0.29) is 0 Å². The molecule has 0 saturated heterocycles. The lowest BCUT2D eigenvalue weighted by molar-refractivity contribution is 0.495. The van der Waals surface area contributed by atoms with E-state index in [0.717, 1.165) is 13.2 Å². The summed E-state index contributed by atoms with van der Waals surface area (Å²) in [6.45, 7) is 1.68. The molecule has 7 aromatic rings. The number of rotatable bonds is 5. The second-order valence-electron chi connectivity index (χ2n) is 12.4. The Labute approximate surface area is 263 Å². The van der Waals surface area contributed by atoms with Crippen molar-refractivity contribution in [2.75, 3.05) is 18.6 Å². The molecule has 2 aliphatic rings. The second kappa shape index (κ2) is 10.0. The van der Waals surface area contributed by atoms with Crippen LogP contribution in [-0.4, -0.2) is 23.2 Å². The molecule has 0 bridgehead atoms. The van der Waals surface area contributed by atoms with E-state index >= 15 is 0 Å². The molecule has 1 aliphatic carbocycles. The summed E-state index contributed by atoms with van der Waals surface area (Å²) in [4.78, 5) is 4.53. The Morgan fingerprint density at radius 3 is 1.98 bits per heavy atom. The molecule has 45 heavy (non-hydrogen) atoms. The van der Waals surface area contributed by atoms with Gasteiger partial charge in [0.2, 0.25) is 0 Å². The topological polar surface area (TPSA) is 11.4 Å². The van der Waals surface area contributed by atoms with E-state index in [4.69, 9.17) is 0 Å². The van der Waals surface area contributed by atoms with Gasteiger partial charge in [-0.05, 0) is 69.3 Å². The maximum Gasteiger partial charge on any atom is 0.0938 e. The van der Waals surface area contributed by atoms with Crippen LogP contribution in [-0.2, 0) is 12.0 Å². The zero-order valence-electron chi connectivity index (χ0n) is 25.3. The van der Waals surface area contributed by atoms with Crippen molar-refractivity contribution in [2.24, 2.45) is 0 Å². The number of aromatic nitrogens is 1. The van der Waals surface area contributed by atoms with Gasteiger partial charge in [0.05, 0.1) is 12.1 Å². The van der Waals surface area contributed by atoms with Crippen molar-refractivity contribution < 1.29 is 0 Å². The number of hydrogen-bond acceptors (Lipinski definition) is 2. The van der Waals surface area contributed by atoms with Crippen molar-refractivity contribution in [3.63, 3.8) is 0 Å². The quantitative estimate of drug-likeness (QED) is 0.201. The highest BCUT2D eigenvalue weighted by molar-refractivity contribution is 6.08. The predicted molar refractivity (Wildman–Crippen MR) is 187 cm³/mol. The Morgan fingerprint density at radius 2 is 1.22 bits per heavy atom. The number of hydrogen-bond donors (Lipinski definition) is 0. The van der Waals surface area contributed by atoms with Crippen molar-refractivity contribution in [1.29, 1.82) is 0 Å². The van der Waals surface area contributed by atoms with Crippen molar-refractivity contribution in [3.05, 3.63) is 186 Å². The maximum absolute atomic E-state index is 2.48. The summed E-state index contributed by atoms with van der Waals surface area (Å²) >= 11 is 0. The molecule has 3 heteroatoms. The first kappa shape index (κ1) is 25.9. The van der Waals surface area contributed by atoms with E-state index in [2.05, 4.69) is 179 Å². The molecule has 2 heterocycles. The van der Waals surface area contributed by atoms with Crippen LogP contribution >= 0.6 is 0 Å². The molecule has 0 radical (unpaired) electrons. The van der Waals surface area contributed by atoms with Gasteiger partial charge in [-0.2, -0.15) is 0 Å². The molecule has 0 N–H and O–H groups in total. The molecule has 3 nitrogen and oxygen atoms in total. The third-order valence-corrected chi connectivity index (χ3v) is 9.83. The van der Waals surface area contributed by atoms with E-state index in [1.54, 1.807) is 0 Å². The van der Waals surface area contributed by atoms with Crippen molar-refractivity contribution in [2.45, 2.75) is 12.0 Å². The fourth-order valence-electron chi connectivity index (χ4n) is 7.86. The van der Waals surface area contributed by atoms with Crippen molar-refractivity contribution in [1.82, 2.24) is 9.47 Å². The molecule has 1 aromatic heterocycles. The van der Waals surface area contributed by atoms with E-state index in [9.17, 15) is 0 Å². The van der Waals surface area contributed by atoms with Gasteiger partial charge in [-0.1, -0.05) is 115 Å². The van der Waals surface area contributed by atoms with E-state index in [1.807, 2.05) is 0 Å². The van der Waals surface area contributed by atoms with Crippen LogP contribution in [0.3, 0.4) is 0 Å². The molecule has 1 aliphatic heterocycles.